The van der Waals surface area contributed by atoms with E-state index in [-0.39, 0.29) is 6.61 Å². The molecule has 0 amide bonds. The molecule has 0 spiro atoms. The molecule has 0 bridgehead atoms. The fraction of sp³-hybridized carbons (Fsp3) is 0.455. The van der Waals surface area contributed by atoms with Gasteiger partial charge < -0.3 is 5.11 Å². The smallest absolute Gasteiger partial charge is 0.195 e. The molecule has 1 unspecified atom stereocenters. The van der Waals surface area contributed by atoms with Gasteiger partial charge in [-0.05, 0) is 14.0 Å². The number of aromatic nitrogens is 2. The summed E-state index contributed by atoms with van der Waals surface area (Å²) < 4.78 is 1.90. The Morgan fingerprint density at radius 2 is 2.44 bits per heavy atom. The number of rotatable bonds is 4. The fourth-order valence-electron chi connectivity index (χ4n) is 1.89. The van der Waals surface area contributed by atoms with Crippen LogP contribution in [0.4, 0.5) is 0 Å². The fourth-order valence-corrected chi connectivity index (χ4v) is 3.08. The highest BCUT2D eigenvalue weighted by Gasteiger charge is 2.25. The molecule has 96 valence electrons. The summed E-state index contributed by atoms with van der Waals surface area (Å²) in [5.41, 5.74) is 1.67. The van der Waals surface area contributed by atoms with Gasteiger partial charge in [0.2, 0.25) is 0 Å². The number of fused-ring (bicyclic) bond motifs is 1. The quantitative estimate of drug-likeness (QED) is 0.930. The molecule has 1 atom stereocenters. The molecule has 0 aromatic carbocycles. The van der Waals surface area contributed by atoms with E-state index < -0.39 is 6.04 Å². The lowest BCUT2D eigenvalue weighted by atomic mass is 10.2. The van der Waals surface area contributed by atoms with Crippen molar-refractivity contribution >= 4 is 27.9 Å². The van der Waals surface area contributed by atoms with Crippen molar-refractivity contribution in [3.8, 4) is 6.07 Å². The second-order valence-corrected chi connectivity index (χ2v) is 5.21. The van der Waals surface area contributed by atoms with Gasteiger partial charge in [0.1, 0.15) is 6.04 Å². The van der Waals surface area contributed by atoms with Crippen LogP contribution in [-0.2, 0) is 0 Å². The minimum absolute atomic E-state index is 0.00311. The molecule has 0 aliphatic heterocycles. The number of hydrogen-bond acceptors (Lipinski definition) is 5. The predicted molar refractivity (Wildman–Crippen MR) is 70.9 cm³/mol. The minimum atomic E-state index is -0.520. The Bertz CT molecular complexity index is 600. The highest BCUT2D eigenvalue weighted by atomic mass is 35.5. The van der Waals surface area contributed by atoms with E-state index in [4.69, 9.17) is 16.7 Å². The molecule has 0 saturated carbocycles. The van der Waals surface area contributed by atoms with E-state index >= 15 is 0 Å². The van der Waals surface area contributed by atoms with Gasteiger partial charge in [-0.15, -0.1) is 11.3 Å². The topological polar surface area (TPSA) is 64.6 Å². The van der Waals surface area contributed by atoms with E-state index in [0.29, 0.717) is 17.4 Å². The Morgan fingerprint density at radius 1 is 1.72 bits per heavy atom. The Morgan fingerprint density at radius 3 is 3.06 bits per heavy atom. The summed E-state index contributed by atoms with van der Waals surface area (Å²) in [7, 11) is 1.78. The van der Waals surface area contributed by atoms with Crippen LogP contribution >= 0.6 is 22.9 Å². The zero-order valence-electron chi connectivity index (χ0n) is 10.1. The van der Waals surface area contributed by atoms with Crippen LogP contribution in [0.5, 0.6) is 0 Å². The van der Waals surface area contributed by atoms with Crippen LogP contribution < -0.4 is 0 Å². The third kappa shape index (κ3) is 2.10. The second kappa shape index (κ2) is 5.24. The van der Waals surface area contributed by atoms with Gasteiger partial charge in [0.15, 0.2) is 10.1 Å². The number of thiazole rings is 1. The van der Waals surface area contributed by atoms with Crippen molar-refractivity contribution < 1.29 is 5.11 Å². The normalized spacial score (nSPS) is 13.1. The lowest BCUT2D eigenvalue weighted by Crippen LogP contribution is -2.27. The summed E-state index contributed by atoms with van der Waals surface area (Å²) in [6.45, 7) is 2.35. The third-order valence-corrected chi connectivity index (χ3v) is 4.02. The molecule has 2 rings (SSSR count). The van der Waals surface area contributed by atoms with Gasteiger partial charge in [0.05, 0.1) is 18.4 Å². The van der Waals surface area contributed by atoms with E-state index in [2.05, 4.69) is 11.1 Å². The number of aliphatic hydroxyl groups is 1. The number of hydrogen-bond donors (Lipinski definition) is 1. The maximum atomic E-state index is 9.34. The number of aliphatic hydroxyl groups excluding tert-OH is 1. The lowest BCUT2D eigenvalue weighted by Gasteiger charge is -2.21. The molecule has 5 nitrogen and oxygen atoms in total. The average molecular weight is 285 g/mol. The molecular weight excluding hydrogens is 272 g/mol. The monoisotopic (exact) mass is 284 g/mol. The molecular formula is C11H13ClN4OS. The molecule has 1 N–H and O–H groups in total. The van der Waals surface area contributed by atoms with Crippen LogP contribution in [0.15, 0.2) is 5.38 Å². The summed E-state index contributed by atoms with van der Waals surface area (Å²) in [5.74, 6) is 0. The third-order valence-electron chi connectivity index (χ3n) is 2.80. The van der Waals surface area contributed by atoms with Crippen LogP contribution in [0.2, 0.25) is 5.15 Å². The highest BCUT2D eigenvalue weighted by Crippen LogP contribution is 2.30. The van der Waals surface area contributed by atoms with Gasteiger partial charge in [-0.2, -0.15) is 5.26 Å². The molecule has 18 heavy (non-hydrogen) atoms. The zero-order valence-corrected chi connectivity index (χ0v) is 11.7. The first kappa shape index (κ1) is 13.3. The highest BCUT2D eigenvalue weighted by molar-refractivity contribution is 7.15. The van der Waals surface area contributed by atoms with Crippen molar-refractivity contribution in [1.29, 1.82) is 5.26 Å². The van der Waals surface area contributed by atoms with Gasteiger partial charge in [-0.3, -0.25) is 9.30 Å². The van der Waals surface area contributed by atoms with Crippen LogP contribution in [0.25, 0.3) is 4.96 Å². The molecule has 7 heteroatoms. The van der Waals surface area contributed by atoms with Gasteiger partial charge >= 0.3 is 0 Å². The van der Waals surface area contributed by atoms with Crippen LogP contribution in [0.1, 0.15) is 17.4 Å². The number of nitriles is 1. The lowest BCUT2D eigenvalue weighted by molar-refractivity contribution is 0.201. The van der Waals surface area contributed by atoms with Crippen molar-refractivity contribution in [2.75, 3.05) is 20.2 Å². The van der Waals surface area contributed by atoms with Crippen molar-refractivity contribution in [3.05, 3.63) is 21.9 Å². The average Bonchev–Trinajstić information content (AvgIpc) is 2.82. The number of aryl methyl sites for hydroxylation is 1. The molecule has 0 aliphatic rings. The Balaban J connectivity index is 2.54. The molecule has 2 heterocycles. The van der Waals surface area contributed by atoms with Gasteiger partial charge in [0, 0.05) is 17.6 Å². The van der Waals surface area contributed by atoms with E-state index in [1.54, 1.807) is 11.9 Å². The summed E-state index contributed by atoms with van der Waals surface area (Å²) in [6, 6.07) is 1.69. The zero-order chi connectivity index (χ0) is 13.3. The molecule has 2 aromatic rings. The van der Waals surface area contributed by atoms with E-state index in [1.165, 1.54) is 11.3 Å². The van der Waals surface area contributed by atoms with Crippen molar-refractivity contribution in [2.24, 2.45) is 0 Å². The predicted octanol–water partition coefficient (Wildman–Crippen LogP) is 1.85. The van der Waals surface area contributed by atoms with E-state index in [0.717, 1.165) is 10.7 Å². The molecule has 0 radical (unpaired) electrons. The van der Waals surface area contributed by atoms with E-state index in [1.807, 2.05) is 16.7 Å². The maximum Gasteiger partial charge on any atom is 0.195 e. The Labute approximate surface area is 114 Å². The van der Waals surface area contributed by atoms with Gasteiger partial charge in [-0.1, -0.05) is 11.6 Å². The largest absolute Gasteiger partial charge is 0.395 e. The summed E-state index contributed by atoms with van der Waals surface area (Å²) >= 11 is 7.63. The van der Waals surface area contributed by atoms with Crippen molar-refractivity contribution in [1.82, 2.24) is 14.3 Å². The number of imidazole rings is 1. The standard InChI is InChI=1S/C11H13ClN4OS/c1-7-6-18-11-14-10(12)9(16(7)11)8(5-13)15(2)3-4-17/h6,8,17H,3-4H2,1-2H3. The van der Waals surface area contributed by atoms with Crippen LogP contribution in [-0.4, -0.2) is 39.6 Å². The summed E-state index contributed by atoms with van der Waals surface area (Å²) in [4.78, 5) is 6.79. The second-order valence-electron chi connectivity index (χ2n) is 4.02. The maximum absolute atomic E-state index is 9.34. The van der Waals surface area contributed by atoms with Gasteiger partial charge in [0.25, 0.3) is 0 Å². The number of likely N-dealkylation sites (N-methyl/N-ethyl adjacent to an activating group) is 1. The summed E-state index contributed by atoms with van der Waals surface area (Å²) in [5, 5.41) is 20.6. The molecule has 0 saturated heterocycles. The first-order valence-corrected chi connectivity index (χ1v) is 6.68. The van der Waals surface area contributed by atoms with Crippen LogP contribution in [0.3, 0.4) is 0 Å². The SMILES string of the molecule is Cc1csc2nc(Cl)c(C(C#N)N(C)CCO)n12. The summed E-state index contributed by atoms with van der Waals surface area (Å²) in [6.07, 6.45) is 0. The molecule has 0 aliphatic carbocycles. The number of halogens is 1. The Hall–Kier alpha value is -1.13. The first-order valence-electron chi connectivity index (χ1n) is 5.42. The van der Waals surface area contributed by atoms with Crippen molar-refractivity contribution in [2.45, 2.75) is 13.0 Å². The van der Waals surface area contributed by atoms with Gasteiger partial charge in [-0.25, -0.2) is 4.98 Å². The first-order chi connectivity index (χ1) is 8.60. The van der Waals surface area contributed by atoms with Crippen LogP contribution in [0, 0.1) is 18.3 Å². The molecule has 2 aromatic heterocycles. The number of nitrogens with zero attached hydrogens (tertiary/aromatic N) is 4. The van der Waals surface area contributed by atoms with E-state index in [9.17, 15) is 5.26 Å². The molecule has 0 fully saturated rings. The van der Waals surface area contributed by atoms with Crippen molar-refractivity contribution in [3.63, 3.8) is 0 Å². The minimum Gasteiger partial charge on any atom is -0.395 e. The Kier molecular flexibility index (Phi) is 3.88.